The SMILES string of the molecule is O=C1CN=C(c2ccccc2Cl)c2cc(CCc3cccc(Oc4ccccc4)c3)sc2N1. The largest absolute Gasteiger partial charge is 0.457 e. The number of fused-ring (bicyclic) bond motifs is 1. The van der Waals surface area contributed by atoms with E-state index in [2.05, 4.69) is 28.5 Å². The van der Waals surface area contributed by atoms with Gasteiger partial charge in [0, 0.05) is 21.0 Å². The number of aliphatic imine (C=N–C) groups is 1. The summed E-state index contributed by atoms with van der Waals surface area (Å²) < 4.78 is 5.96. The van der Waals surface area contributed by atoms with E-state index in [1.54, 1.807) is 11.3 Å². The van der Waals surface area contributed by atoms with Crippen LogP contribution >= 0.6 is 22.9 Å². The number of carbonyl (C=O) groups excluding carboxylic acids is 1. The predicted molar refractivity (Wildman–Crippen MR) is 135 cm³/mol. The van der Waals surface area contributed by atoms with E-state index >= 15 is 0 Å². The first kappa shape index (κ1) is 21.4. The van der Waals surface area contributed by atoms with E-state index in [0.29, 0.717) is 5.02 Å². The third-order valence-corrected chi connectivity index (χ3v) is 6.78. The molecule has 1 aromatic heterocycles. The third kappa shape index (κ3) is 5.00. The van der Waals surface area contributed by atoms with Gasteiger partial charge < -0.3 is 10.1 Å². The molecule has 33 heavy (non-hydrogen) atoms. The Balaban J connectivity index is 1.36. The highest BCUT2D eigenvalue weighted by molar-refractivity contribution is 7.16. The lowest BCUT2D eigenvalue weighted by molar-refractivity contribution is -0.114. The Bertz CT molecular complexity index is 1330. The van der Waals surface area contributed by atoms with Gasteiger partial charge in [0.15, 0.2) is 0 Å². The zero-order chi connectivity index (χ0) is 22.6. The number of nitrogens with one attached hydrogen (secondary N) is 1. The number of anilines is 1. The molecular formula is C27H21ClN2O2S. The second-order valence-corrected chi connectivity index (χ2v) is 9.25. The number of hydrogen-bond donors (Lipinski definition) is 1. The molecule has 0 spiro atoms. The average molecular weight is 473 g/mol. The van der Waals surface area contributed by atoms with Gasteiger partial charge in [0.1, 0.15) is 23.0 Å². The molecule has 0 radical (unpaired) electrons. The van der Waals surface area contributed by atoms with Crippen LogP contribution in [0.4, 0.5) is 5.00 Å². The molecule has 6 heteroatoms. The maximum Gasteiger partial charge on any atom is 0.246 e. The molecule has 164 valence electrons. The molecule has 0 atom stereocenters. The normalized spacial score (nSPS) is 13.0. The number of ether oxygens (including phenoxy) is 1. The number of aryl methyl sites for hydroxylation is 2. The number of halogens is 1. The van der Waals surface area contributed by atoms with Crippen LogP contribution < -0.4 is 10.1 Å². The van der Waals surface area contributed by atoms with Crippen LogP contribution in [0.15, 0.2) is 89.9 Å². The molecule has 0 saturated heterocycles. The van der Waals surface area contributed by atoms with Gasteiger partial charge in [-0.1, -0.05) is 60.1 Å². The summed E-state index contributed by atoms with van der Waals surface area (Å²) in [6.07, 6.45) is 1.70. The van der Waals surface area contributed by atoms with Gasteiger partial charge in [-0.2, -0.15) is 0 Å². The van der Waals surface area contributed by atoms with Gasteiger partial charge in [-0.25, -0.2) is 0 Å². The Morgan fingerprint density at radius 2 is 1.67 bits per heavy atom. The second kappa shape index (κ2) is 9.61. The highest BCUT2D eigenvalue weighted by atomic mass is 35.5. The van der Waals surface area contributed by atoms with E-state index in [0.717, 1.165) is 46.2 Å². The molecular weight excluding hydrogens is 452 g/mol. The molecule has 1 N–H and O–H groups in total. The summed E-state index contributed by atoms with van der Waals surface area (Å²) in [4.78, 5) is 18.0. The lowest BCUT2D eigenvalue weighted by Gasteiger charge is -2.07. The topological polar surface area (TPSA) is 50.7 Å². The molecule has 2 heterocycles. The lowest BCUT2D eigenvalue weighted by Crippen LogP contribution is -2.12. The quantitative estimate of drug-likeness (QED) is 0.336. The van der Waals surface area contributed by atoms with Crippen molar-refractivity contribution in [1.29, 1.82) is 0 Å². The predicted octanol–water partition coefficient (Wildman–Crippen LogP) is 6.77. The summed E-state index contributed by atoms with van der Waals surface area (Å²) in [6, 6.07) is 27.7. The van der Waals surface area contributed by atoms with Gasteiger partial charge in [-0.3, -0.25) is 9.79 Å². The molecule has 0 unspecified atom stereocenters. The smallest absolute Gasteiger partial charge is 0.246 e. The van der Waals surface area contributed by atoms with Crippen molar-refractivity contribution in [1.82, 2.24) is 0 Å². The van der Waals surface area contributed by atoms with Gasteiger partial charge in [-0.15, -0.1) is 11.3 Å². The fourth-order valence-electron chi connectivity index (χ4n) is 3.78. The Kier molecular flexibility index (Phi) is 6.24. The standard InChI is InChI=1S/C27H21ClN2O2S/c28-24-12-5-4-11-22(24)26-23-16-21(33-27(23)30-25(31)17-29-26)14-13-18-7-6-10-20(15-18)32-19-8-2-1-3-9-19/h1-12,15-16H,13-14,17H2,(H,30,31). The zero-order valence-electron chi connectivity index (χ0n) is 17.8. The number of benzene rings is 3. The van der Waals surface area contributed by atoms with Crippen molar-refractivity contribution in [3.8, 4) is 11.5 Å². The molecule has 0 aliphatic carbocycles. The summed E-state index contributed by atoms with van der Waals surface area (Å²) in [5.74, 6) is 1.53. The van der Waals surface area contributed by atoms with Crippen LogP contribution in [0.3, 0.4) is 0 Å². The van der Waals surface area contributed by atoms with E-state index in [4.69, 9.17) is 16.3 Å². The van der Waals surface area contributed by atoms with Gasteiger partial charge in [0.25, 0.3) is 0 Å². The van der Waals surface area contributed by atoms with Crippen LogP contribution in [0.25, 0.3) is 0 Å². The molecule has 0 fully saturated rings. The number of hydrogen-bond acceptors (Lipinski definition) is 4. The average Bonchev–Trinajstić information content (AvgIpc) is 3.15. The van der Waals surface area contributed by atoms with Crippen molar-refractivity contribution < 1.29 is 9.53 Å². The number of nitrogens with zero attached hydrogens (tertiary/aromatic N) is 1. The van der Waals surface area contributed by atoms with Crippen LogP contribution in [-0.4, -0.2) is 18.2 Å². The molecule has 1 aliphatic rings. The number of carbonyl (C=O) groups is 1. The van der Waals surface area contributed by atoms with Crippen LogP contribution in [0.5, 0.6) is 11.5 Å². The van der Waals surface area contributed by atoms with E-state index in [1.807, 2.05) is 66.7 Å². The monoisotopic (exact) mass is 472 g/mol. The number of thiophene rings is 1. The van der Waals surface area contributed by atoms with Gasteiger partial charge in [0.2, 0.25) is 5.91 Å². The molecule has 0 bridgehead atoms. The lowest BCUT2D eigenvalue weighted by atomic mass is 10.0. The Labute approximate surface area is 201 Å². The molecule has 5 rings (SSSR count). The summed E-state index contributed by atoms with van der Waals surface area (Å²) in [5, 5.41) is 4.45. The summed E-state index contributed by atoms with van der Waals surface area (Å²) in [6.45, 7) is 0.0888. The minimum Gasteiger partial charge on any atom is -0.457 e. The minimum atomic E-state index is -0.113. The van der Waals surface area contributed by atoms with E-state index in [-0.39, 0.29) is 12.5 Å². The summed E-state index contributed by atoms with van der Waals surface area (Å²) >= 11 is 8.04. The first-order chi connectivity index (χ1) is 16.2. The Hall–Kier alpha value is -3.41. The maximum absolute atomic E-state index is 12.2. The van der Waals surface area contributed by atoms with Crippen molar-refractivity contribution in [2.24, 2.45) is 4.99 Å². The number of rotatable bonds is 6. The highest BCUT2D eigenvalue weighted by Gasteiger charge is 2.22. The molecule has 3 aromatic carbocycles. The minimum absolute atomic E-state index is 0.0888. The molecule has 4 nitrogen and oxygen atoms in total. The van der Waals surface area contributed by atoms with Crippen molar-refractivity contribution >= 4 is 39.6 Å². The van der Waals surface area contributed by atoms with E-state index < -0.39 is 0 Å². The second-order valence-electron chi connectivity index (χ2n) is 7.71. The van der Waals surface area contributed by atoms with Gasteiger partial charge >= 0.3 is 0 Å². The van der Waals surface area contributed by atoms with Gasteiger partial charge in [0.05, 0.1) is 5.71 Å². The van der Waals surface area contributed by atoms with Crippen molar-refractivity contribution in [3.05, 3.63) is 112 Å². The van der Waals surface area contributed by atoms with E-state index in [9.17, 15) is 4.79 Å². The number of amides is 1. The third-order valence-electron chi connectivity index (χ3n) is 5.34. The number of para-hydroxylation sites is 1. The summed E-state index contributed by atoms with van der Waals surface area (Å²) in [5.41, 5.74) is 3.72. The molecule has 4 aromatic rings. The van der Waals surface area contributed by atoms with Crippen molar-refractivity contribution in [2.45, 2.75) is 12.8 Å². The van der Waals surface area contributed by atoms with Crippen molar-refractivity contribution in [2.75, 3.05) is 11.9 Å². The molecule has 0 saturated carbocycles. The highest BCUT2D eigenvalue weighted by Crippen LogP contribution is 2.34. The van der Waals surface area contributed by atoms with Crippen LogP contribution in [0.1, 0.15) is 21.6 Å². The van der Waals surface area contributed by atoms with Crippen LogP contribution in [0, 0.1) is 0 Å². The maximum atomic E-state index is 12.2. The van der Waals surface area contributed by atoms with Gasteiger partial charge in [-0.05, 0) is 54.8 Å². The Morgan fingerprint density at radius 3 is 2.52 bits per heavy atom. The first-order valence-electron chi connectivity index (χ1n) is 10.7. The molecule has 1 amide bonds. The van der Waals surface area contributed by atoms with Crippen molar-refractivity contribution in [3.63, 3.8) is 0 Å². The van der Waals surface area contributed by atoms with Crippen LogP contribution in [-0.2, 0) is 17.6 Å². The first-order valence-corrected chi connectivity index (χ1v) is 11.9. The van der Waals surface area contributed by atoms with E-state index in [1.165, 1.54) is 10.4 Å². The fraction of sp³-hybridized carbons (Fsp3) is 0.111. The fourth-order valence-corrected chi connectivity index (χ4v) is 5.08. The van der Waals surface area contributed by atoms with Crippen LogP contribution in [0.2, 0.25) is 5.02 Å². The Morgan fingerprint density at radius 1 is 0.879 bits per heavy atom. The zero-order valence-corrected chi connectivity index (χ0v) is 19.3. The molecule has 1 aliphatic heterocycles. The summed E-state index contributed by atoms with van der Waals surface area (Å²) in [7, 11) is 0.